The lowest BCUT2D eigenvalue weighted by molar-refractivity contribution is 0.417. The first-order valence-corrected chi connectivity index (χ1v) is 10.8. The molecular formula is C22H27NO4S. The van der Waals surface area contributed by atoms with E-state index in [0.29, 0.717) is 11.4 Å². The fraction of sp³-hybridized carbons (Fsp3) is 0.273. The molecule has 150 valence electrons. The number of hydrogen-bond donors (Lipinski definition) is 2. The van der Waals surface area contributed by atoms with Gasteiger partial charge in [-0.15, -0.1) is 0 Å². The molecule has 0 saturated carbocycles. The van der Waals surface area contributed by atoms with E-state index in [2.05, 4.69) is 24.6 Å². The van der Waals surface area contributed by atoms with Crippen molar-refractivity contribution in [1.82, 2.24) is 0 Å². The van der Waals surface area contributed by atoms with Gasteiger partial charge in [-0.05, 0) is 73.7 Å². The summed E-state index contributed by atoms with van der Waals surface area (Å²) >= 11 is 0. The molecule has 0 aliphatic rings. The zero-order valence-electron chi connectivity index (χ0n) is 16.9. The van der Waals surface area contributed by atoms with Gasteiger partial charge in [-0.3, -0.25) is 4.72 Å². The number of benzene rings is 2. The summed E-state index contributed by atoms with van der Waals surface area (Å²) in [6.45, 7) is 6.10. The predicted molar refractivity (Wildman–Crippen MR) is 116 cm³/mol. The summed E-state index contributed by atoms with van der Waals surface area (Å²) in [4.78, 5) is 0. The highest BCUT2D eigenvalue weighted by Crippen LogP contribution is 2.28. The first-order valence-electron chi connectivity index (χ1n) is 8.89. The maximum absolute atomic E-state index is 11.5. The van der Waals surface area contributed by atoms with Gasteiger partial charge in [0.25, 0.3) is 0 Å². The molecule has 0 bridgehead atoms. The molecule has 0 atom stereocenters. The quantitative estimate of drug-likeness (QED) is 0.518. The standard InChI is InChI=1S/C22H27NO4S/c1-15(2)6-10-20-16(3)12-19(24)14-18(20)9-7-17-8-11-21(22(13-17)27-4)23-28(5,25)26/h6-9,11-14,23-24H,10H2,1-5H3/b9-7-. The van der Waals surface area contributed by atoms with Crippen molar-refractivity contribution in [1.29, 1.82) is 0 Å². The van der Waals surface area contributed by atoms with Crippen LogP contribution in [0.3, 0.4) is 0 Å². The van der Waals surface area contributed by atoms with Gasteiger partial charge < -0.3 is 9.84 Å². The van der Waals surface area contributed by atoms with E-state index in [4.69, 9.17) is 4.74 Å². The first-order chi connectivity index (χ1) is 13.1. The highest BCUT2D eigenvalue weighted by atomic mass is 32.2. The van der Waals surface area contributed by atoms with Crippen molar-refractivity contribution in [3.05, 3.63) is 64.2 Å². The lowest BCUT2D eigenvalue weighted by Gasteiger charge is -2.11. The van der Waals surface area contributed by atoms with Crippen molar-refractivity contribution >= 4 is 27.9 Å². The summed E-state index contributed by atoms with van der Waals surface area (Å²) in [5.74, 6) is 0.660. The highest BCUT2D eigenvalue weighted by Gasteiger charge is 2.09. The number of hydrogen-bond acceptors (Lipinski definition) is 4. The van der Waals surface area contributed by atoms with Gasteiger partial charge in [-0.25, -0.2) is 8.42 Å². The van der Waals surface area contributed by atoms with E-state index in [1.165, 1.54) is 12.7 Å². The van der Waals surface area contributed by atoms with Crippen molar-refractivity contribution in [3.8, 4) is 11.5 Å². The van der Waals surface area contributed by atoms with Crippen LogP contribution in [0.15, 0.2) is 42.0 Å². The van der Waals surface area contributed by atoms with Gasteiger partial charge in [0.1, 0.15) is 11.5 Å². The summed E-state index contributed by atoms with van der Waals surface area (Å²) in [7, 11) is -1.90. The van der Waals surface area contributed by atoms with Crippen molar-refractivity contribution < 1.29 is 18.3 Å². The average Bonchev–Trinajstić information content (AvgIpc) is 2.58. The maximum atomic E-state index is 11.5. The number of aromatic hydroxyl groups is 1. The van der Waals surface area contributed by atoms with Crippen LogP contribution in [0.25, 0.3) is 12.2 Å². The second kappa shape index (κ2) is 8.97. The molecule has 6 heteroatoms. The zero-order valence-corrected chi connectivity index (χ0v) is 17.7. The predicted octanol–water partition coefficient (Wildman–Crippen LogP) is 4.76. The number of sulfonamides is 1. The monoisotopic (exact) mass is 401 g/mol. The van der Waals surface area contributed by atoms with E-state index in [1.54, 1.807) is 30.3 Å². The fourth-order valence-corrected chi connectivity index (χ4v) is 3.41. The van der Waals surface area contributed by atoms with Crippen LogP contribution in [-0.4, -0.2) is 26.9 Å². The molecule has 0 spiro atoms. The molecule has 0 amide bonds. The second-order valence-electron chi connectivity index (χ2n) is 6.98. The summed E-state index contributed by atoms with van der Waals surface area (Å²) in [6, 6.07) is 8.74. The Balaban J connectivity index is 2.39. The van der Waals surface area contributed by atoms with Crippen LogP contribution in [0.2, 0.25) is 0 Å². The topological polar surface area (TPSA) is 75.6 Å². The lowest BCUT2D eigenvalue weighted by atomic mass is 9.96. The van der Waals surface area contributed by atoms with Crippen molar-refractivity contribution in [2.24, 2.45) is 0 Å². The molecule has 0 saturated heterocycles. The molecule has 0 radical (unpaired) electrons. The van der Waals surface area contributed by atoms with Gasteiger partial charge in [0.05, 0.1) is 19.1 Å². The largest absolute Gasteiger partial charge is 0.508 e. The first kappa shape index (κ1) is 21.6. The number of methoxy groups -OCH3 is 1. The summed E-state index contributed by atoms with van der Waals surface area (Å²) in [5.41, 5.74) is 5.60. The maximum Gasteiger partial charge on any atom is 0.229 e. The van der Waals surface area contributed by atoms with Crippen LogP contribution in [0, 0.1) is 6.92 Å². The Morgan fingerprint density at radius 1 is 1.18 bits per heavy atom. The molecule has 0 heterocycles. The van der Waals surface area contributed by atoms with E-state index in [-0.39, 0.29) is 5.75 Å². The molecule has 0 aliphatic heterocycles. The van der Waals surface area contributed by atoms with Gasteiger partial charge >= 0.3 is 0 Å². The summed E-state index contributed by atoms with van der Waals surface area (Å²) in [5, 5.41) is 9.99. The number of nitrogens with one attached hydrogen (secondary N) is 1. The van der Waals surface area contributed by atoms with Gasteiger partial charge in [0.15, 0.2) is 0 Å². The fourth-order valence-electron chi connectivity index (χ4n) is 2.84. The third kappa shape index (κ3) is 6.16. The molecule has 5 nitrogen and oxygen atoms in total. The number of allylic oxidation sites excluding steroid dienone is 2. The van der Waals surface area contributed by atoms with Gasteiger partial charge in [-0.1, -0.05) is 29.9 Å². The van der Waals surface area contributed by atoms with E-state index in [9.17, 15) is 13.5 Å². The van der Waals surface area contributed by atoms with Crippen molar-refractivity contribution in [2.75, 3.05) is 18.1 Å². The SMILES string of the molecule is COc1cc(/C=C\c2cc(O)cc(C)c2CC=C(C)C)ccc1NS(C)(=O)=O. The summed E-state index contributed by atoms with van der Waals surface area (Å²) < 4.78 is 30.7. The third-order valence-corrected chi connectivity index (χ3v) is 4.77. The second-order valence-corrected chi connectivity index (χ2v) is 8.73. The van der Waals surface area contributed by atoms with Crippen molar-refractivity contribution in [3.63, 3.8) is 0 Å². The van der Waals surface area contributed by atoms with Crippen LogP contribution in [-0.2, 0) is 16.4 Å². The average molecular weight is 402 g/mol. The minimum Gasteiger partial charge on any atom is -0.508 e. The lowest BCUT2D eigenvalue weighted by Crippen LogP contribution is -2.10. The van der Waals surface area contributed by atoms with Crippen molar-refractivity contribution in [2.45, 2.75) is 27.2 Å². The zero-order chi connectivity index (χ0) is 20.9. The van der Waals surface area contributed by atoms with Crippen LogP contribution in [0.5, 0.6) is 11.5 Å². The molecule has 2 N–H and O–H groups in total. The number of phenols is 1. The normalized spacial score (nSPS) is 11.5. The van der Waals surface area contributed by atoms with E-state index < -0.39 is 10.0 Å². The number of rotatable bonds is 7. The molecular weight excluding hydrogens is 374 g/mol. The van der Waals surface area contributed by atoms with E-state index >= 15 is 0 Å². The molecule has 2 rings (SSSR count). The highest BCUT2D eigenvalue weighted by molar-refractivity contribution is 7.92. The Hall–Kier alpha value is -2.73. The number of ether oxygens (including phenoxy) is 1. The molecule has 0 aromatic heterocycles. The van der Waals surface area contributed by atoms with Gasteiger partial charge in [0.2, 0.25) is 10.0 Å². The third-order valence-electron chi connectivity index (χ3n) is 4.18. The minimum atomic E-state index is -3.39. The van der Waals surface area contributed by atoms with E-state index in [1.807, 2.05) is 19.1 Å². The molecule has 0 aliphatic carbocycles. The number of phenolic OH excluding ortho intramolecular Hbond substituents is 1. The van der Waals surface area contributed by atoms with Gasteiger partial charge in [-0.2, -0.15) is 0 Å². The van der Waals surface area contributed by atoms with Gasteiger partial charge in [0, 0.05) is 0 Å². The minimum absolute atomic E-state index is 0.225. The molecule has 28 heavy (non-hydrogen) atoms. The Morgan fingerprint density at radius 3 is 2.50 bits per heavy atom. The van der Waals surface area contributed by atoms with Crippen LogP contribution >= 0.6 is 0 Å². The van der Waals surface area contributed by atoms with E-state index in [0.717, 1.165) is 34.9 Å². The van der Waals surface area contributed by atoms with Crippen LogP contribution in [0.4, 0.5) is 5.69 Å². The number of aryl methyl sites for hydroxylation is 1. The molecule has 0 unspecified atom stereocenters. The summed E-state index contributed by atoms with van der Waals surface area (Å²) in [6.07, 6.45) is 7.89. The Bertz CT molecular complexity index is 1020. The molecule has 0 fully saturated rings. The smallest absolute Gasteiger partial charge is 0.229 e. The van der Waals surface area contributed by atoms with Crippen LogP contribution in [0.1, 0.15) is 36.1 Å². The molecule has 2 aromatic carbocycles. The van der Waals surface area contributed by atoms with Crippen LogP contribution < -0.4 is 9.46 Å². The number of anilines is 1. The Labute approximate surface area is 167 Å². The molecule has 2 aromatic rings. The Kier molecular flexibility index (Phi) is 6.91. The Morgan fingerprint density at radius 2 is 1.89 bits per heavy atom.